The number of methoxy groups -OCH3 is 1. The van der Waals surface area contributed by atoms with Crippen molar-refractivity contribution in [2.45, 2.75) is 33.0 Å². The summed E-state index contributed by atoms with van der Waals surface area (Å²) in [6.45, 7) is 7.39. The van der Waals surface area contributed by atoms with Crippen LogP contribution in [-0.4, -0.2) is 25.1 Å². The molecule has 2 aromatic carbocycles. The molecule has 1 heterocycles. The predicted molar refractivity (Wildman–Crippen MR) is 94.6 cm³/mol. The SMILES string of the molecule is CCNCc1ccc2c(c1)CN(CCc1ccc(OC)cc1)C2. The van der Waals surface area contributed by atoms with E-state index in [0.717, 1.165) is 44.9 Å². The number of hydrogen-bond acceptors (Lipinski definition) is 3. The van der Waals surface area contributed by atoms with Gasteiger partial charge >= 0.3 is 0 Å². The van der Waals surface area contributed by atoms with Crippen LogP contribution in [0, 0.1) is 0 Å². The van der Waals surface area contributed by atoms with Crippen molar-refractivity contribution in [3.63, 3.8) is 0 Å². The van der Waals surface area contributed by atoms with Gasteiger partial charge in [-0.15, -0.1) is 0 Å². The lowest BCUT2D eigenvalue weighted by molar-refractivity contribution is 0.288. The maximum atomic E-state index is 5.21. The van der Waals surface area contributed by atoms with Gasteiger partial charge in [0.1, 0.15) is 5.75 Å². The largest absolute Gasteiger partial charge is 0.497 e. The third kappa shape index (κ3) is 4.12. The Balaban J connectivity index is 1.54. The molecule has 0 unspecified atom stereocenters. The first-order valence-corrected chi connectivity index (χ1v) is 8.45. The second-order valence-electron chi connectivity index (χ2n) is 6.19. The van der Waals surface area contributed by atoms with E-state index in [1.54, 1.807) is 7.11 Å². The van der Waals surface area contributed by atoms with Crippen molar-refractivity contribution in [1.82, 2.24) is 10.2 Å². The normalized spacial score (nSPS) is 14.0. The number of benzene rings is 2. The molecule has 0 amide bonds. The lowest BCUT2D eigenvalue weighted by atomic mass is 10.1. The Kier molecular flexibility index (Phi) is 5.31. The average molecular weight is 310 g/mol. The first-order chi connectivity index (χ1) is 11.3. The third-order valence-corrected chi connectivity index (χ3v) is 4.51. The third-order valence-electron chi connectivity index (χ3n) is 4.51. The van der Waals surface area contributed by atoms with E-state index < -0.39 is 0 Å². The highest BCUT2D eigenvalue weighted by molar-refractivity contribution is 5.35. The summed E-state index contributed by atoms with van der Waals surface area (Å²) in [6, 6.07) is 15.3. The zero-order valence-electron chi connectivity index (χ0n) is 14.1. The summed E-state index contributed by atoms with van der Waals surface area (Å²) in [7, 11) is 1.71. The van der Waals surface area contributed by atoms with E-state index >= 15 is 0 Å². The summed E-state index contributed by atoms with van der Waals surface area (Å²) in [4.78, 5) is 2.53. The van der Waals surface area contributed by atoms with Crippen molar-refractivity contribution in [3.05, 3.63) is 64.7 Å². The zero-order valence-corrected chi connectivity index (χ0v) is 14.1. The molecule has 3 heteroatoms. The molecule has 23 heavy (non-hydrogen) atoms. The topological polar surface area (TPSA) is 24.5 Å². The molecule has 1 aliphatic rings. The van der Waals surface area contributed by atoms with Gasteiger partial charge in [0.05, 0.1) is 7.11 Å². The van der Waals surface area contributed by atoms with Gasteiger partial charge < -0.3 is 10.1 Å². The summed E-state index contributed by atoms with van der Waals surface area (Å²) in [5, 5.41) is 3.40. The van der Waals surface area contributed by atoms with Gasteiger partial charge in [-0.1, -0.05) is 37.3 Å². The number of rotatable bonds is 7. The summed E-state index contributed by atoms with van der Waals surface area (Å²) in [5.41, 5.74) is 5.74. The Morgan fingerprint density at radius 1 is 1.00 bits per heavy atom. The monoisotopic (exact) mass is 310 g/mol. The fourth-order valence-corrected chi connectivity index (χ4v) is 3.14. The van der Waals surface area contributed by atoms with Crippen LogP contribution in [0.2, 0.25) is 0 Å². The number of nitrogens with one attached hydrogen (secondary N) is 1. The highest BCUT2D eigenvalue weighted by atomic mass is 16.5. The molecular formula is C20H26N2O. The van der Waals surface area contributed by atoms with Gasteiger partial charge in [-0.05, 0) is 47.4 Å². The number of nitrogens with zero attached hydrogens (tertiary/aromatic N) is 1. The molecule has 2 aromatic rings. The zero-order chi connectivity index (χ0) is 16.1. The van der Waals surface area contributed by atoms with Crippen molar-refractivity contribution < 1.29 is 4.74 Å². The predicted octanol–water partition coefficient (Wildman–Crippen LogP) is 3.36. The maximum absolute atomic E-state index is 5.21. The summed E-state index contributed by atoms with van der Waals surface area (Å²) in [5.74, 6) is 0.926. The molecular weight excluding hydrogens is 284 g/mol. The lowest BCUT2D eigenvalue weighted by Gasteiger charge is -2.14. The number of ether oxygens (including phenoxy) is 1. The first kappa shape index (κ1) is 16.0. The smallest absolute Gasteiger partial charge is 0.118 e. The minimum absolute atomic E-state index is 0.926. The maximum Gasteiger partial charge on any atom is 0.118 e. The van der Waals surface area contributed by atoms with Gasteiger partial charge in [0.25, 0.3) is 0 Å². The molecule has 0 bridgehead atoms. The van der Waals surface area contributed by atoms with Crippen LogP contribution in [0.15, 0.2) is 42.5 Å². The second kappa shape index (κ2) is 7.62. The number of fused-ring (bicyclic) bond motifs is 1. The Morgan fingerprint density at radius 2 is 1.74 bits per heavy atom. The minimum atomic E-state index is 0.926. The van der Waals surface area contributed by atoms with Crippen molar-refractivity contribution in [1.29, 1.82) is 0 Å². The van der Waals surface area contributed by atoms with Crippen LogP contribution in [0.3, 0.4) is 0 Å². The molecule has 0 atom stereocenters. The summed E-state index contributed by atoms with van der Waals surface area (Å²) < 4.78 is 5.21. The molecule has 1 N–H and O–H groups in total. The Hall–Kier alpha value is -1.84. The molecule has 0 aliphatic carbocycles. The second-order valence-corrected chi connectivity index (χ2v) is 6.19. The Labute approximate surface area is 139 Å². The van der Waals surface area contributed by atoms with Crippen molar-refractivity contribution in [2.24, 2.45) is 0 Å². The standard InChI is InChI=1S/C20H26N2O/c1-3-21-13-17-4-7-18-14-22(15-19(18)12-17)11-10-16-5-8-20(23-2)9-6-16/h4-9,12,21H,3,10-11,13-15H2,1-2H3. The van der Waals surface area contributed by atoms with Crippen LogP contribution in [0.25, 0.3) is 0 Å². The van der Waals surface area contributed by atoms with E-state index in [1.807, 2.05) is 12.1 Å². The highest BCUT2D eigenvalue weighted by Crippen LogP contribution is 2.24. The average Bonchev–Trinajstić information content (AvgIpc) is 3.00. The molecule has 1 aliphatic heterocycles. The van der Waals surface area contributed by atoms with Crippen LogP contribution < -0.4 is 10.1 Å². The van der Waals surface area contributed by atoms with E-state index in [-0.39, 0.29) is 0 Å². The fraction of sp³-hybridized carbons (Fsp3) is 0.400. The van der Waals surface area contributed by atoms with Gasteiger partial charge in [0.2, 0.25) is 0 Å². The summed E-state index contributed by atoms with van der Waals surface area (Å²) in [6.07, 6.45) is 1.09. The molecule has 0 saturated heterocycles. The molecule has 0 spiro atoms. The molecule has 0 radical (unpaired) electrons. The minimum Gasteiger partial charge on any atom is -0.497 e. The highest BCUT2D eigenvalue weighted by Gasteiger charge is 2.18. The quantitative estimate of drug-likeness (QED) is 0.848. The summed E-state index contributed by atoms with van der Waals surface area (Å²) >= 11 is 0. The van der Waals surface area contributed by atoms with E-state index in [9.17, 15) is 0 Å². The van der Waals surface area contributed by atoms with Gasteiger partial charge in [-0.2, -0.15) is 0 Å². The van der Waals surface area contributed by atoms with Crippen LogP contribution >= 0.6 is 0 Å². The van der Waals surface area contributed by atoms with E-state index in [4.69, 9.17) is 4.74 Å². The first-order valence-electron chi connectivity index (χ1n) is 8.45. The molecule has 3 rings (SSSR count). The fourth-order valence-electron chi connectivity index (χ4n) is 3.14. The van der Waals surface area contributed by atoms with Crippen molar-refractivity contribution in [2.75, 3.05) is 20.2 Å². The molecule has 122 valence electrons. The van der Waals surface area contributed by atoms with Gasteiger partial charge in [0, 0.05) is 26.2 Å². The van der Waals surface area contributed by atoms with E-state index in [2.05, 4.69) is 47.5 Å². The van der Waals surface area contributed by atoms with Crippen LogP contribution in [-0.2, 0) is 26.1 Å². The van der Waals surface area contributed by atoms with Crippen molar-refractivity contribution >= 4 is 0 Å². The number of hydrogen-bond donors (Lipinski definition) is 1. The molecule has 3 nitrogen and oxygen atoms in total. The lowest BCUT2D eigenvalue weighted by Crippen LogP contribution is -2.19. The van der Waals surface area contributed by atoms with E-state index in [1.165, 1.54) is 22.3 Å². The van der Waals surface area contributed by atoms with Crippen LogP contribution in [0.5, 0.6) is 5.75 Å². The van der Waals surface area contributed by atoms with Gasteiger partial charge in [0.15, 0.2) is 0 Å². The molecule has 0 aromatic heterocycles. The van der Waals surface area contributed by atoms with Gasteiger partial charge in [-0.25, -0.2) is 0 Å². The van der Waals surface area contributed by atoms with Gasteiger partial charge in [-0.3, -0.25) is 4.90 Å². The van der Waals surface area contributed by atoms with Crippen LogP contribution in [0.1, 0.15) is 29.2 Å². The van der Waals surface area contributed by atoms with Crippen LogP contribution in [0.4, 0.5) is 0 Å². The Morgan fingerprint density at radius 3 is 2.48 bits per heavy atom. The van der Waals surface area contributed by atoms with Crippen molar-refractivity contribution in [3.8, 4) is 5.75 Å². The Bertz CT molecular complexity index is 637. The van der Waals surface area contributed by atoms with E-state index in [0.29, 0.717) is 0 Å². The molecule has 0 saturated carbocycles. The molecule has 0 fully saturated rings.